The molecule has 0 aliphatic carbocycles. The number of carboxylic acid groups (broad SMARTS) is 1. The van der Waals surface area contributed by atoms with Gasteiger partial charge in [-0.2, -0.15) is 13.2 Å². The van der Waals surface area contributed by atoms with E-state index in [1.807, 2.05) is 0 Å². The highest BCUT2D eigenvalue weighted by atomic mass is 32.1. The van der Waals surface area contributed by atoms with Crippen LogP contribution < -0.4 is 0 Å². The summed E-state index contributed by atoms with van der Waals surface area (Å²) in [5.41, 5.74) is -0.597. The maximum Gasteiger partial charge on any atom is 0.416 e. The van der Waals surface area contributed by atoms with E-state index in [2.05, 4.69) is 0 Å². The topological polar surface area (TPSA) is 40.5 Å². The third-order valence-corrected chi connectivity index (χ3v) is 5.21. The average molecular weight is 355 g/mol. The summed E-state index contributed by atoms with van der Waals surface area (Å²) in [6.45, 7) is 0.464. The second kappa shape index (κ2) is 6.57. The van der Waals surface area contributed by atoms with Crippen molar-refractivity contribution in [2.24, 2.45) is 0 Å². The van der Waals surface area contributed by atoms with E-state index < -0.39 is 29.8 Å². The fourth-order valence-corrected chi connectivity index (χ4v) is 4.16. The first-order chi connectivity index (χ1) is 11.4. The average Bonchev–Trinajstić information content (AvgIpc) is 3.19. The van der Waals surface area contributed by atoms with E-state index in [0.717, 1.165) is 10.9 Å². The number of alkyl halides is 3. The molecule has 1 aliphatic heterocycles. The van der Waals surface area contributed by atoms with E-state index in [1.165, 1.54) is 23.5 Å². The number of benzene rings is 1. The van der Waals surface area contributed by atoms with Gasteiger partial charge < -0.3 is 5.11 Å². The Morgan fingerprint density at radius 3 is 2.62 bits per heavy atom. The smallest absolute Gasteiger partial charge is 0.416 e. The lowest BCUT2D eigenvalue weighted by Crippen LogP contribution is -2.39. The molecule has 2 heterocycles. The van der Waals surface area contributed by atoms with Gasteiger partial charge in [0.15, 0.2) is 0 Å². The van der Waals surface area contributed by atoms with Crippen molar-refractivity contribution in [3.05, 3.63) is 57.8 Å². The van der Waals surface area contributed by atoms with Crippen molar-refractivity contribution in [2.75, 3.05) is 6.54 Å². The van der Waals surface area contributed by atoms with Crippen molar-refractivity contribution in [3.63, 3.8) is 0 Å². The number of likely N-dealkylation sites (tertiary alicyclic amines) is 1. The van der Waals surface area contributed by atoms with Crippen LogP contribution in [-0.2, 0) is 11.0 Å². The van der Waals surface area contributed by atoms with Crippen molar-refractivity contribution in [1.29, 1.82) is 0 Å². The maximum absolute atomic E-state index is 13.5. The molecule has 0 radical (unpaired) electrons. The summed E-state index contributed by atoms with van der Waals surface area (Å²) in [7, 11) is 0. The second-order valence-corrected chi connectivity index (χ2v) is 6.72. The minimum atomic E-state index is -4.48. The minimum absolute atomic E-state index is 0.112. The molecule has 2 unspecified atom stereocenters. The van der Waals surface area contributed by atoms with Gasteiger partial charge >= 0.3 is 12.1 Å². The second-order valence-electron chi connectivity index (χ2n) is 5.74. The Balaban J connectivity index is 2.13. The SMILES string of the molecule is O=C(O)C1CCCN1C(c1cccs1)c1ccccc1C(F)(F)F. The Hall–Kier alpha value is -1.86. The summed E-state index contributed by atoms with van der Waals surface area (Å²) in [5.74, 6) is -0.987. The van der Waals surface area contributed by atoms with Crippen molar-refractivity contribution in [2.45, 2.75) is 31.1 Å². The largest absolute Gasteiger partial charge is 0.480 e. The van der Waals surface area contributed by atoms with E-state index in [0.29, 0.717) is 19.4 Å². The fraction of sp³-hybridized carbons (Fsp3) is 0.353. The van der Waals surface area contributed by atoms with Gasteiger partial charge in [-0.25, -0.2) is 0 Å². The zero-order valence-corrected chi connectivity index (χ0v) is 13.5. The number of halogens is 3. The normalized spacial score (nSPS) is 20.2. The number of rotatable bonds is 4. The Morgan fingerprint density at radius 2 is 2.00 bits per heavy atom. The predicted molar refractivity (Wildman–Crippen MR) is 85.0 cm³/mol. The number of thiophene rings is 1. The quantitative estimate of drug-likeness (QED) is 0.883. The molecule has 2 atom stereocenters. The van der Waals surface area contributed by atoms with Gasteiger partial charge in [0.1, 0.15) is 6.04 Å². The van der Waals surface area contributed by atoms with Crippen LogP contribution in [0.5, 0.6) is 0 Å². The number of carbonyl (C=O) groups is 1. The lowest BCUT2D eigenvalue weighted by Gasteiger charge is -2.32. The molecule has 3 nitrogen and oxygen atoms in total. The molecule has 1 aliphatic rings. The van der Waals surface area contributed by atoms with Gasteiger partial charge in [0.2, 0.25) is 0 Å². The number of hydrogen-bond donors (Lipinski definition) is 1. The summed E-state index contributed by atoms with van der Waals surface area (Å²) in [6.07, 6.45) is -3.37. The van der Waals surface area contributed by atoms with Crippen LogP contribution in [0.2, 0.25) is 0 Å². The molecule has 0 bridgehead atoms. The van der Waals surface area contributed by atoms with Crippen molar-refractivity contribution in [3.8, 4) is 0 Å². The molecule has 7 heteroatoms. The Morgan fingerprint density at radius 1 is 1.25 bits per heavy atom. The first-order valence-corrected chi connectivity index (χ1v) is 8.45. The van der Waals surface area contributed by atoms with Crippen LogP contribution in [0.3, 0.4) is 0 Å². The highest BCUT2D eigenvalue weighted by Crippen LogP contribution is 2.42. The number of aliphatic carboxylic acids is 1. The molecule has 3 rings (SSSR count). The van der Waals surface area contributed by atoms with Crippen LogP contribution in [0, 0.1) is 0 Å². The number of hydrogen-bond acceptors (Lipinski definition) is 3. The Kier molecular flexibility index (Phi) is 4.64. The molecule has 1 aromatic heterocycles. The van der Waals surface area contributed by atoms with Crippen molar-refractivity contribution < 1.29 is 23.1 Å². The molecule has 0 saturated carbocycles. The Bertz CT molecular complexity index is 715. The van der Waals surface area contributed by atoms with Crippen molar-refractivity contribution >= 4 is 17.3 Å². The first kappa shape index (κ1) is 17.0. The molecule has 0 amide bonds. The lowest BCUT2D eigenvalue weighted by molar-refractivity contribution is -0.142. The molecule has 1 aromatic carbocycles. The molecule has 2 aromatic rings. The van der Waals surface area contributed by atoms with E-state index in [9.17, 15) is 23.1 Å². The molecule has 0 spiro atoms. The van der Waals surface area contributed by atoms with E-state index >= 15 is 0 Å². The zero-order valence-electron chi connectivity index (χ0n) is 12.7. The molecule has 24 heavy (non-hydrogen) atoms. The van der Waals surface area contributed by atoms with Crippen molar-refractivity contribution in [1.82, 2.24) is 4.90 Å². The van der Waals surface area contributed by atoms with Gasteiger partial charge in [-0.05, 0) is 35.9 Å². The van der Waals surface area contributed by atoms with Crippen LogP contribution in [0.4, 0.5) is 13.2 Å². The fourth-order valence-electron chi connectivity index (χ4n) is 3.30. The van der Waals surface area contributed by atoms with Crippen LogP contribution >= 0.6 is 11.3 Å². The molecule has 128 valence electrons. The monoisotopic (exact) mass is 355 g/mol. The van der Waals surface area contributed by atoms with Gasteiger partial charge in [0, 0.05) is 11.4 Å². The summed E-state index contributed by atoms with van der Waals surface area (Å²) >= 11 is 1.34. The molecule has 1 saturated heterocycles. The molecular formula is C17H16F3NO2S. The third kappa shape index (κ3) is 3.18. The van der Waals surface area contributed by atoms with Crippen LogP contribution in [0.15, 0.2) is 41.8 Å². The summed E-state index contributed by atoms with van der Waals surface area (Å²) < 4.78 is 40.4. The molecular weight excluding hydrogens is 339 g/mol. The van der Waals surface area contributed by atoms with Gasteiger partial charge in [0.25, 0.3) is 0 Å². The van der Waals surface area contributed by atoms with Gasteiger partial charge in [-0.1, -0.05) is 24.3 Å². The maximum atomic E-state index is 13.5. The highest BCUT2D eigenvalue weighted by molar-refractivity contribution is 7.10. The lowest BCUT2D eigenvalue weighted by atomic mass is 9.96. The van der Waals surface area contributed by atoms with E-state index in [4.69, 9.17) is 0 Å². The van der Waals surface area contributed by atoms with Crippen LogP contribution in [0.25, 0.3) is 0 Å². The molecule has 1 fully saturated rings. The Labute approximate surface area is 141 Å². The van der Waals surface area contributed by atoms with Gasteiger partial charge in [-0.15, -0.1) is 11.3 Å². The molecule has 1 N–H and O–H groups in total. The standard InChI is InChI=1S/C17H16F3NO2S/c18-17(19,20)12-6-2-1-5-11(12)15(14-8-4-10-24-14)21-9-3-7-13(21)16(22)23/h1-2,4-6,8,10,13,15H,3,7,9H2,(H,22,23). The first-order valence-electron chi connectivity index (χ1n) is 7.57. The van der Waals surface area contributed by atoms with E-state index in [-0.39, 0.29) is 5.56 Å². The minimum Gasteiger partial charge on any atom is -0.480 e. The predicted octanol–water partition coefficient (Wildman–Crippen LogP) is 4.41. The third-order valence-electron chi connectivity index (χ3n) is 4.28. The highest BCUT2D eigenvalue weighted by Gasteiger charge is 2.41. The van der Waals surface area contributed by atoms with Crippen LogP contribution in [0.1, 0.15) is 34.9 Å². The number of carboxylic acids is 1. The zero-order chi connectivity index (χ0) is 17.3. The van der Waals surface area contributed by atoms with Gasteiger partial charge in [-0.3, -0.25) is 9.69 Å². The number of nitrogens with zero attached hydrogens (tertiary/aromatic N) is 1. The summed E-state index contributed by atoms with van der Waals surface area (Å²) in [5, 5.41) is 11.2. The van der Waals surface area contributed by atoms with Gasteiger partial charge in [0.05, 0.1) is 11.6 Å². The van der Waals surface area contributed by atoms with E-state index in [1.54, 1.807) is 28.5 Å². The summed E-state index contributed by atoms with van der Waals surface area (Å²) in [6, 6.07) is 7.50. The summed E-state index contributed by atoms with van der Waals surface area (Å²) in [4.78, 5) is 13.9. The van der Waals surface area contributed by atoms with Crippen LogP contribution in [-0.4, -0.2) is 28.6 Å².